The number of carbonyl (C=O) groups excluding carboxylic acids is 2. The number of nitrogens with zero attached hydrogens (tertiary/aromatic N) is 3. The Morgan fingerprint density at radius 3 is 2.83 bits per heavy atom. The first kappa shape index (κ1) is 21.2. The molecule has 1 atom stereocenters. The molecule has 1 aromatic heterocycles. The van der Waals surface area contributed by atoms with E-state index in [1.807, 2.05) is 26.0 Å². The normalized spacial score (nSPS) is 19.4. The lowest BCUT2D eigenvalue weighted by atomic mass is 9.77. The van der Waals surface area contributed by atoms with Crippen molar-refractivity contribution in [3.05, 3.63) is 47.2 Å². The molecule has 7 nitrogen and oxygen atoms in total. The lowest BCUT2D eigenvalue weighted by Gasteiger charge is -2.42. The van der Waals surface area contributed by atoms with Crippen molar-refractivity contribution in [3.8, 4) is 5.75 Å². The van der Waals surface area contributed by atoms with Gasteiger partial charge in [0.15, 0.2) is 0 Å². The molecule has 2 heterocycles. The summed E-state index contributed by atoms with van der Waals surface area (Å²) < 4.78 is 7.68. The largest absolute Gasteiger partial charge is 0.493 e. The Labute approximate surface area is 175 Å². The number of piperidine rings is 1. The zero-order chi connectivity index (χ0) is 21.0. The van der Waals surface area contributed by atoms with E-state index >= 15 is 0 Å². The maximum atomic E-state index is 13.2. The number of aromatic nitrogens is 2. The van der Waals surface area contributed by atoms with Gasteiger partial charge in [0.2, 0.25) is 5.91 Å². The highest BCUT2D eigenvalue weighted by atomic mass is 35.5. The topological polar surface area (TPSA) is 90.4 Å². The van der Waals surface area contributed by atoms with Crippen molar-refractivity contribution in [1.82, 2.24) is 14.7 Å². The first-order valence-corrected chi connectivity index (χ1v) is 10.2. The smallest absolute Gasteiger partial charge is 0.272 e. The van der Waals surface area contributed by atoms with Gasteiger partial charge in [-0.1, -0.05) is 17.7 Å². The predicted molar refractivity (Wildman–Crippen MR) is 111 cm³/mol. The summed E-state index contributed by atoms with van der Waals surface area (Å²) in [6.07, 6.45) is 3.31. The summed E-state index contributed by atoms with van der Waals surface area (Å²) >= 11 is 6.03. The van der Waals surface area contributed by atoms with Gasteiger partial charge in [-0.05, 0) is 51.0 Å². The number of carbonyl (C=O) groups is 2. The number of hydrogen-bond donors (Lipinski definition) is 1. The molecule has 3 rings (SSSR count). The summed E-state index contributed by atoms with van der Waals surface area (Å²) in [6.45, 7) is 5.27. The molecule has 0 spiro atoms. The van der Waals surface area contributed by atoms with Crippen molar-refractivity contribution in [1.29, 1.82) is 0 Å². The van der Waals surface area contributed by atoms with Gasteiger partial charge in [-0.15, -0.1) is 0 Å². The van der Waals surface area contributed by atoms with E-state index in [2.05, 4.69) is 5.10 Å². The number of likely N-dealkylation sites (tertiary alicyclic amines) is 1. The number of ether oxygens (including phenoxy) is 1. The van der Waals surface area contributed by atoms with Crippen molar-refractivity contribution >= 4 is 23.4 Å². The molecule has 1 aliphatic heterocycles. The molecule has 1 aliphatic rings. The van der Waals surface area contributed by atoms with Gasteiger partial charge in [-0.2, -0.15) is 5.10 Å². The number of amides is 2. The molecular formula is C21H27ClN4O3. The van der Waals surface area contributed by atoms with Crippen LogP contribution in [0.5, 0.6) is 5.75 Å². The van der Waals surface area contributed by atoms with Gasteiger partial charge >= 0.3 is 0 Å². The molecule has 0 unspecified atom stereocenters. The van der Waals surface area contributed by atoms with E-state index in [1.165, 1.54) is 0 Å². The maximum Gasteiger partial charge on any atom is 0.272 e. The molecule has 29 heavy (non-hydrogen) atoms. The predicted octanol–water partition coefficient (Wildman–Crippen LogP) is 3.29. The molecule has 8 heteroatoms. The molecule has 1 aromatic carbocycles. The lowest BCUT2D eigenvalue weighted by molar-refractivity contribution is -0.122. The van der Waals surface area contributed by atoms with Gasteiger partial charge in [-0.25, -0.2) is 0 Å². The van der Waals surface area contributed by atoms with Crippen molar-refractivity contribution in [2.45, 2.75) is 39.2 Å². The van der Waals surface area contributed by atoms with Crippen LogP contribution in [0.4, 0.5) is 0 Å². The molecule has 156 valence electrons. The van der Waals surface area contributed by atoms with Gasteiger partial charge in [0.05, 0.1) is 6.61 Å². The van der Waals surface area contributed by atoms with E-state index in [-0.39, 0.29) is 25.0 Å². The fourth-order valence-corrected chi connectivity index (χ4v) is 4.09. The molecule has 0 bridgehead atoms. The van der Waals surface area contributed by atoms with Crippen LogP contribution in [0, 0.1) is 5.41 Å². The summed E-state index contributed by atoms with van der Waals surface area (Å²) in [5, 5.41) is 4.84. The summed E-state index contributed by atoms with van der Waals surface area (Å²) in [4.78, 5) is 26.8. The van der Waals surface area contributed by atoms with Gasteiger partial charge < -0.3 is 15.4 Å². The summed E-state index contributed by atoms with van der Waals surface area (Å²) in [5.74, 6) is 0.136. The first-order chi connectivity index (χ1) is 13.8. The van der Waals surface area contributed by atoms with Gasteiger partial charge in [0.1, 0.15) is 11.4 Å². The number of hydrogen-bond acceptors (Lipinski definition) is 4. The van der Waals surface area contributed by atoms with Crippen LogP contribution >= 0.6 is 11.6 Å². The number of benzene rings is 1. The molecule has 2 N–H and O–H groups in total. The fraction of sp³-hybridized carbons (Fsp3) is 0.476. The molecule has 1 saturated heterocycles. The zero-order valence-electron chi connectivity index (χ0n) is 16.8. The lowest BCUT2D eigenvalue weighted by Crippen LogP contribution is -2.50. The second-order valence-corrected chi connectivity index (χ2v) is 8.41. The summed E-state index contributed by atoms with van der Waals surface area (Å²) in [5.41, 5.74) is 5.56. The SMILES string of the molecule is CC(C)n1nccc1C(=O)N1CCC[C@](COc2cccc(Cl)c2)(CC(N)=O)C1. The van der Waals surface area contributed by atoms with Gasteiger partial charge in [0, 0.05) is 42.2 Å². The number of rotatable bonds is 7. The Morgan fingerprint density at radius 1 is 1.34 bits per heavy atom. The minimum absolute atomic E-state index is 0.0790. The molecule has 0 radical (unpaired) electrons. The second-order valence-electron chi connectivity index (χ2n) is 7.97. The van der Waals surface area contributed by atoms with Gasteiger partial charge in [-0.3, -0.25) is 14.3 Å². The Kier molecular flexibility index (Phi) is 6.47. The Balaban J connectivity index is 1.79. The van der Waals surface area contributed by atoms with E-state index in [1.54, 1.807) is 34.0 Å². The first-order valence-electron chi connectivity index (χ1n) is 9.79. The van der Waals surface area contributed by atoms with Crippen LogP contribution < -0.4 is 10.5 Å². The molecular weight excluding hydrogens is 392 g/mol. The monoisotopic (exact) mass is 418 g/mol. The minimum atomic E-state index is -0.537. The number of primary amides is 1. The Hall–Kier alpha value is -2.54. The maximum absolute atomic E-state index is 13.2. The van der Waals surface area contributed by atoms with E-state index in [4.69, 9.17) is 22.1 Å². The number of halogens is 1. The Morgan fingerprint density at radius 2 is 2.14 bits per heavy atom. The molecule has 2 amide bonds. The third kappa shape index (κ3) is 5.09. The average Bonchev–Trinajstić information content (AvgIpc) is 3.16. The van der Waals surface area contributed by atoms with Crippen molar-refractivity contribution in [3.63, 3.8) is 0 Å². The van der Waals surface area contributed by atoms with Crippen LogP contribution in [-0.4, -0.2) is 46.2 Å². The van der Waals surface area contributed by atoms with Crippen molar-refractivity contribution in [2.24, 2.45) is 11.1 Å². The molecule has 2 aromatic rings. The average molecular weight is 419 g/mol. The number of nitrogens with two attached hydrogens (primary N) is 1. The highest BCUT2D eigenvalue weighted by molar-refractivity contribution is 6.30. The van der Waals surface area contributed by atoms with E-state index in [0.717, 1.165) is 12.8 Å². The van der Waals surface area contributed by atoms with Crippen LogP contribution in [0.3, 0.4) is 0 Å². The fourth-order valence-electron chi connectivity index (χ4n) is 3.91. The molecule has 0 aliphatic carbocycles. The minimum Gasteiger partial charge on any atom is -0.493 e. The van der Waals surface area contributed by atoms with Crippen LogP contribution in [0.15, 0.2) is 36.5 Å². The van der Waals surface area contributed by atoms with Crippen molar-refractivity contribution in [2.75, 3.05) is 19.7 Å². The summed E-state index contributed by atoms with van der Waals surface area (Å²) in [6, 6.07) is 8.93. The van der Waals surface area contributed by atoms with Crippen molar-refractivity contribution < 1.29 is 14.3 Å². The van der Waals surface area contributed by atoms with Crippen LogP contribution in [0.2, 0.25) is 5.02 Å². The van der Waals surface area contributed by atoms with E-state index in [0.29, 0.717) is 29.6 Å². The molecule has 1 fully saturated rings. The highest BCUT2D eigenvalue weighted by Crippen LogP contribution is 2.35. The van der Waals surface area contributed by atoms with Gasteiger partial charge in [0.25, 0.3) is 5.91 Å². The third-order valence-electron chi connectivity index (χ3n) is 5.22. The second kappa shape index (κ2) is 8.86. The van der Waals surface area contributed by atoms with Crippen LogP contribution in [0.1, 0.15) is 49.6 Å². The zero-order valence-corrected chi connectivity index (χ0v) is 17.6. The quantitative estimate of drug-likeness (QED) is 0.746. The Bertz CT molecular complexity index is 882. The standard InChI is InChI=1S/C21H27ClN4O3/c1-15(2)26-18(7-9-24-26)20(28)25-10-4-8-21(13-25,12-19(23)27)14-29-17-6-3-5-16(22)11-17/h3,5-7,9,11,15H,4,8,10,12-14H2,1-2H3,(H2,23,27)/t21-/m0/s1. The molecule has 0 saturated carbocycles. The van der Waals surface area contributed by atoms with Crippen LogP contribution in [-0.2, 0) is 4.79 Å². The highest BCUT2D eigenvalue weighted by Gasteiger charge is 2.40. The summed E-state index contributed by atoms with van der Waals surface area (Å²) in [7, 11) is 0. The van der Waals surface area contributed by atoms with Crippen LogP contribution in [0.25, 0.3) is 0 Å². The van der Waals surface area contributed by atoms with E-state index < -0.39 is 11.3 Å². The van der Waals surface area contributed by atoms with E-state index in [9.17, 15) is 9.59 Å². The third-order valence-corrected chi connectivity index (χ3v) is 5.45.